The van der Waals surface area contributed by atoms with E-state index in [1.807, 2.05) is 38.2 Å². The van der Waals surface area contributed by atoms with Crippen LogP contribution in [0.25, 0.3) is 0 Å². The molecule has 0 aliphatic carbocycles. The van der Waals surface area contributed by atoms with Gasteiger partial charge in [-0.1, -0.05) is 25.5 Å². The number of unbranched alkanes of at least 4 members (excludes halogenated alkanes) is 1. The molecular formula is C16H26N2O2. The van der Waals surface area contributed by atoms with Crippen LogP contribution in [0.4, 0.5) is 0 Å². The fourth-order valence-corrected chi connectivity index (χ4v) is 1.92. The van der Waals surface area contributed by atoms with E-state index in [-0.39, 0.29) is 11.9 Å². The fraction of sp³-hybridized carbons (Fsp3) is 0.562. The Labute approximate surface area is 122 Å². The molecule has 4 heteroatoms. The Kier molecular flexibility index (Phi) is 7.09. The smallest absolute Gasteiger partial charge is 0.237 e. The van der Waals surface area contributed by atoms with Crippen LogP contribution < -0.4 is 10.1 Å². The molecule has 0 saturated heterocycles. The summed E-state index contributed by atoms with van der Waals surface area (Å²) in [4.78, 5) is 14.2. The predicted molar refractivity (Wildman–Crippen MR) is 81.8 cm³/mol. The highest BCUT2D eigenvalue weighted by Gasteiger charge is 2.16. The van der Waals surface area contributed by atoms with Crippen molar-refractivity contribution < 1.29 is 9.53 Å². The lowest BCUT2D eigenvalue weighted by atomic mass is 10.2. The van der Waals surface area contributed by atoms with Crippen LogP contribution in [0.3, 0.4) is 0 Å². The fourth-order valence-electron chi connectivity index (χ4n) is 1.92. The standard InChI is InChI=1S/C16H26N2O2/c1-5-6-10-18(3)13(2)16(19)17-12-14-8-7-9-15(11-14)20-4/h7-9,11,13H,5-6,10,12H2,1-4H3,(H,17,19). The Bertz CT molecular complexity index is 421. The van der Waals surface area contributed by atoms with Crippen LogP contribution in [0.5, 0.6) is 5.75 Å². The summed E-state index contributed by atoms with van der Waals surface area (Å²) in [5.41, 5.74) is 1.04. The molecule has 4 nitrogen and oxygen atoms in total. The van der Waals surface area contributed by atoms with Gasteiger partial charge in [-0.25, -0.2) is 0 Å². The van der Waals surface area contributed by atoms with Gasteiger partial charge in [-0.15, -0.1) is 0 Å². The van der Waals surface area contributed by atoms with E-state index in [9.17, 15) is 4.79 Å². The highest BCUT2D eigenvalue weighted by molar-refractivity contribution is 5.81. The second-order valence-corrected chi connectivity index (χ2v) is 5.08. The van der Waals surface area contributed by atoms with E-state index in [2.05, 4.69) is 17.1 Å². The first kappa shape index (κ1) is 16.5. The maximum Gasteiger partial charge on any atom is 0.237 e. The van der Waals surface area contributed by atoms with Gasteiger partial charge in [-0.05, 0) is 44.6 Å². The van der Waals surface area contributed by atoms with Crippen molar-refractivity contribution in [3.05, 3.63) is 29.8 Å². The third-order valence-electron chi connectivity index (χ3n) is 3.51. The van der Waals surface area contributed by atoms with Gasteiger partial charge >= 0.3 is 0 Å². The number of hydrogen-bond acceptors (Lipinski definition) is 3. The first-order valence-corrected chi connectivity index (χ1v) is 7.19. The number of carbonyl (C=O) groups excluding carboxylic acids is 1. The number of rotatable bonds is 8. The predicted octanol–water partition coefficient (Wildman–Crippen LogP) is 2.43. The topological polar surface area (TPSA) is 41.6 Å². The van der Waals surface area contributed by atoms with E-state index in [4.69, 9.17) is 4.74 Å². The average molecular weight is 278 g/mol. The van der Waals surface area contributed by atoms with Crippen LogP contribution in [0, 0.1) is 0 Å². The summed E-state index contributed by atoms with van der Waals surface area (Å²) in [5, 5.41) is 2.97. The summed E-state index contributed by atoms with van der Waals surface area (Å²) in [6.07, 6.45) is 2.26. The van der Waals surface area contributed by atoms with Gasteiger partial charge in [0.05, 0.1) is 13.2 Å². The number of benzene rings is 1. The van der Waals surface area contributed by atoms with Gasteiger partial charge in [0.1, 0.15) is 5.75 Å². The Morgan fingerprint density at radius 2 is 2.20 bits per heavy atom. The number of ether oxygens (including phenoxy) is 1. The van der Waals surface area contributed by atoms with Gasteiger partial charge in [0.25, 0.3) is 0 Å². The lowest BCUT2D eigenvalue weighted by Crippen LogP contribution is -2.43. The number of nitrogens with one attached hydrogen (secondary N) is 1. The zero-order valence-corrected chi connectivity index (χ0v) is 13.0. The van der Waals surface area contributed by atoms with Crippen molar-refractivity contribution in [2.24, 2.45) is 0 Å². The normalized spacial score (nSPS) is 12.2. The maximum atomic E-state index is 12.1. The molecule has 0 saturated carbocycles. The molecular weight excluding hydrogens is 252 g/mol. The van der Waals surface area contributed by atoms with E-state index >= 15 is 0 Å². The molecule has 1 aromatic rings. The lowest BCUT2D eigenvalue weighted by Gasteiger charge is -2.23. The van der Waals surface area contributed by atoms with Crippen LogP contribution in [0.15, 0.2) is 24.3 Å². The van der Waals surface area contributed by atoms with Crippen LogP contribution >= 0.6 is 0 Å². The molecule has 0 fully saturated rings. The molecule has 112 valence electrons. The van der Waals surface area contributed by atoms with Gasteiger partial charge < -0.3 is 10.1 Å². The van der Waals surface area contributed by atoms with E-state index in [1.54, 1.807) is 7.11 Å². The number of amides is 1. The highest BCUT2D eigenvalue weighted by Crippen LogP contribution is 2.12. The van der Waals surface area contributed by atoms with Crippen LogP contribution in [-0.2, 0) is 11.3 Å². The van der Waals surface area contributed by atoms with Crippen molar-refractivity contribution in [3.63, 3.8) is 0 Å². The Balaban J connectivity index is 2.45. The molecule has 1 aromatic carbocycles. The van der Waals surface area contributed by atoms with Gasteiger partial charge in [-0.3, -0.25) is 9.69 Å². The molecule has 1 unspecified atom stereocenters. The first-order valence-electron chi connectivity index (χ1n) is 7.19. The lowest BCUT2D eigenvalue weighted by molar-refractivity contribution is -0.125. The molecule has 0 aliphatic rings. The molecule has 20 heavy (non-hydrogen) atoms. The van der Waals surface area contributed by atoms with Crippen molar-refractivity contribution in [2.45, 2.75) is 39.3 Å². The van der Waals surface area contributed by atoms with E-state index in [1.165, 1.54) is 0 Å². The molecule has 0 heterocycles. The summed E-state index contributed by atoms with van der Waals surface area (Å²) in [6.45, 7) is 5.57. The van der Waals surface area contributed by atoms with E-state index in [0.29, 0.717) is 6.54 Å². The van der Waals surface area contributed by atoms with Crippen molar-refractivity contribution in [3.8, 4) is 5.75 Å². The highest BCUT2D eigenvalue weighted by atomic mass is 16.5. The first-order chi connectivity index (χ1) is 9.58. The summed E-state index contributed by atoms with van der Waals surface area (Å²) >= 11 is 0. The summed E-state index contributed by atoms with van der Waals surface area (Å²) < 4.78 is 5.17. The van der Waals surface area contributed by atoms with Crippen molar-refractivity contribution >= 4 is 5.91 Å². The molecule has 1 amide bonds. The number of carbonyl (C=O) groups is 1. The minimum Gasteiger partial charge on any atom is -0.497 e. The zero-order valence-electron chi connectivity index (χ0n) is 13.0. The minimum atomic E-state index is -0.104. The third-order valence-corrected chi connectivity index (χ3v) is 3.51. The van der Waals surface area contributed by atoms with Crippen molar-refractivity contribution in [1.82, 2.24) is 10.2 Å². The van der Waals surface area contributed by atoms with E-state index in [0.717, 1.165) is 30.7 Å². The molecule has 1 atom stereocenters. The minimum absolute atomic E-state index is 0.0615. The summed E-state index contributed by atoms with van der Waals surface area (Å²) in [5.74, 6) is 0.872. The number of nitrogens with zero attached hydrogens (tertiary/aromatic N) is 1. The van der Waals surface area contributed by atoms with Crippen LogP contribution in [0.2, 0.25) is 0 Å². The molecule has 0 spiro atoms. The van der Waals surface area contributed by atoms with Crippen molar-refractivity contribution in [1.29, 1.82) is 0 Å². The van der Waals surface area contributed by atoms with Gasteiger partial charge in [0.2, 0.25) is 5.91 Å². The maximum absolute atomic E-state index is 12.1. The molecule has 0 aliphatic heterocycles. The monoisotopic (exact) mass is 278 g/mol. The van der Waals surface area contributed by atoms with Gasteiger partial charge in [0, 0.05) is 6.54 Å². The summed E-state index contributed by atoms with van der Waals surface area (Å²) in [6, 6.07) is 7.64. The Morgan fingerprint density at radius 3 is 2.85 bits per heavy atom. The Hall–Kier alpha value is -1.55. The number of methoxy groups -OCH3 is 1. The number of hydrogen-bond donors (Lipinski definition) is 1. The zero-order chi connectivity index (χ0) is 15.0. The molecule has 0 bridgehead atoms. The van der Waals surface area contributed by atoms with E-state index < -0.39 is 0 Å². The Morgan fingerprint density at radius 1 is 1.45 bits per heavy atom. The second-order valence-electron chi connectivity index (χ2n) is 5.08. The van der Waals surface area contributed by atoms with Gasteiger partial charge in [-0.2, -0.15) is 0 Å². The molecule has 1 N–H and O–H groups in total. The second kappa shape index (κ2) is 8.59. The van der Waals surface area contributed by atoms with Crippen LogP contribution in [0.1, 0.15) is 32.3 Å². The quantitative estimate of drug-likeness (QED) is 0.794. The SMILES string of the molecule is CCCCN(C)C(C)C(=O)NCc1cccc(OC)c1. The molecule has 1 rings (SSSR count). The van der Waals surface area contributed by atoms with Crippen molar-refractivity contribution in [2.75, 3.05) is 20.7 Å². The third kappa shape index (κ3) is 5.21. The number of likely N-dealkylation sites (N-methyl/N-ethyl adjacent to an activating group) is 1. The molecule has 0 radical (unpaired) electrons. The summed E-state index contributed by atoms with van der Waals surface area (Å²) in [7, 11) is 3.63. The largest absolute Gasteiger partial charge is 0.497 e. The van der Waals surface area contributed by atoms with Gasteiger partial charge in [0.15, 0.2) is 0 Å². The molecule has 0 aromatic heterocycles. The van der Waals surface area contributed by atoms with Crippen LogP contribution in [-0.4, -0.2) is 37.6 Å². The average Bonchev–Trinajstić information content (AvgIpc) is 2.49.